The summed E-state index contributed by atoms with van der Waals surface area (Å²) in [6.45, 7) is -0.269. The first-order valence-corrected chi connectivity index (χ1v) is 7.09. The number of benzene rings is 2. The zero-order valence-corrected chi connectivity index (χ0v) is 13.4. The van der Waals surface area contributed by atoms with Gasteiger partial charge in [0.05, 0.1) is 20.4 Å². The largest absolute Gasteiger partial charge is 0.507 e. The van der Waals surface area contributed by atoms with E-state index in [4.69, 9.17) is 14.2 Å². The SMILES string of the molecule is COc1cccc(OC)c1OCC(=O)N/N=C\c1ccccc1O. The molecule has 7 heteroatoms. The van der Waals surface area contributed by atoms with E-state index in [2.05, 4.69) is 10.5 Å². The zero-order valence-electron chi connectivity index (χ0n) is 13.4. The highest BCUT2D eigenvalue weighted by Gasteiger charge is 2.12. The zero-order chi connectivity index (χ0) is 17.4. The van der Waals surface area contributed by atoms with Gasteiger partial charge in [-0.3, -0.25) is 4.79 Å². The van der Waals surface area contributed by atoms with E-state index < -0.39 is 5.91 Å². The molecule has 0 saturated heterocycles. The molecule has 0 spiro atoms. The number of amides is 1. The molecule has 2 aromatic carbocycles. The maximum absolute atomic E-state index is 11.8. The number of para-hydroxylation sites is 2. The summed E-state index contributed by atoms with van der Waals surface area (Å²) in [7, 11) is 3.00. The summed E-state index contributed by atoms with van der Waals surface area (Å²) in [4.78, 5) is 11.8. The third-order valence-electron chi connectivity index (χ3n) is 3.06. The summed E-state index contributed by atoms with van der Waals surface area (Å²) >= 11 is 0. The van der Waals surface area contributed by atoms with Crippen molar-refractivity contribution in [3.8, 4) is 23.0 Å². The average molecular weight is 330 g/mol. The quantitative estimate of drug-likeness (QED) is 0.598. The summed E-state index contributed by atoms with van der Waals surface area (Å²) in [6.07, 6.45) is 1.34. The monoisotopic (exact) mass is 330 g/mol. The van der Waals surface area contributed by atoms with Crippen LogP contribution in [0.5, 0.6) is 23.0 Å². The van der Waals surface area contributed by atoms with Crippen LogP contribution in [-0.2, 0) is 4.79 Å². The van der Waals surface area contributed by atoms with Gasteiger partial charge >= 0.3 is 0 Å². The molecule has 0 radical (unpaired) electrons. The molecule has 0 atom stereocenters. The molecule has 0 aliphatic rings. The predicted molar refractivity (Wildman–Crippen MR) is 88.9 cm³/mol. The number of phenols is 1. The Labute approximate surface area is 139 Å². The fourth-order valence-corrected chi connectivity index (χ4v) is 1.90. The normalized spacial score (nSPS) is 10.4. The molecule has 0 unspecified atom stereocenters. The van der Waals surface area contributed by atoms with E-state index in [-0.39, 0.29) is 12.4 Å². The average Bonchev–Trinajstić information content (AvgIpc) is 2.61. The van der Waals surface area contributed by atoms with Crippen molar-refractivity contribution >= 4 is 12.1 Å². The number of phenolic OH excluding ortho intramolecular Hbond substituents is 1. The van der Waals surface area contributed by atoms with Crippen molar-refractivity contribution in [2.75, 3.05) is 20.8 Å². The van der Waals surface area contributed by atoms with Gasteiger partial charge in [0.25, 0.3) is 5.91 Å². The molecule has 2 rings (SSSR count). The molecule has 7 nitrogen and oxygen atoms in total. The van der Waals surface area contributed by atoms with Gasteiger partial charge in [0.1, 0.15) is 5.75 Å². The summed E-state index contributed by atoms with van der Waals surface area (Å²) in [5.41, 5.74) is 2.81. The number of hydrazone groups is 1. The van der Waals surface area contributed by atoms with Gasteiger partial charge in [0.2, 0.25) is 5.75 Å². The first-order valence-electron chi connectivity index (χ1n) is 7.09. The van der Waals surface area contributed by atoms with Crippen molar-refractivity contribution in [2.45, 2.75) is 0 Å². The van der Waals surface area contributed by atoms with Crippen LogP contribution in [0.4, 0.5) is 0 Å². The molecule has 0 saturated carbocycles. The van der Waals surface area contributed by atoms with Crippen LogP contribution in [0.1, 0.15) is 5.56 Å². The van der Waals surface area contributed by atoms with Gasteiger partial charge in [-0.05, 0) is 24.3 Å². The maximum Gasteiger partial charge on any atom is 0.277 e. The van der Waals surface area contributed by atoms with Crippen LogP contribution in [0.2, 0.25) is 0 Å². The smallest absolute Gasteiger partial charge is 0.277 e. The Balaban J connectivity index is 1.93. The second kappa shape index (κ2) is 8.42. The fourth-order valence-electron chi connectivity index (χ4n) is 1.90. The molecule has 0 aromatic heterocycles. The third-order valence-corrected chi connectivity index (χ3v) is 3.06. The topological polar surface area (TPSA) is 89.4 Å². The van der Waals surface area contributed by atoms with E-state index in [0.717, 1.165) is 0 Å². The lowest BCUT2D eigenvalue weighted by Crippen LogP contribution is -2.24. The van der Waals surface area contributed by atoms with Crippen LogP contribution in [0.15, 0.2) is 47.6 Å². The fraction of sp³-hybridized carbons (Fsp3) is 0.176. The first kappa shape index (κ1) is 17.1. The number of rotatable bonds is 7. The molecule has 0 bridgehead atoms. The Kier molecular flexibility index (Phi) is 6.01. The van der Waals surface area contributed by atoms with E-state index in [1.165, 1.54) is 26.5 Å². The van der Waals surface area contributed by atoms with Crippen LogP contribution in [0.3, 0.4) is 0 Å². The number of ether oxygens (including phenoxy) is 3. The number of aromatic hydroxyl groups is 1. The molecule has 2 N–H and O–H groups in total. The van der Waals surface area contributed by atoms with Crippen LogP contribution in [0, 0.1) is 0 Å². The number of methoxy groups -OCH3 is 2. The number of carbonyl (C=O) groups is 1. The second-order valence-electron chi connectivity index (χ2n) is 4.63. The highest BCUT2D eigenvalue weighted by molar-refractivity contribution is 5.85. The summed E-state index contributed by atoms with van der Waals surface area (Å²) in [5, 5.41) is 13.4. The van der Waals surface area contributed by atoms with Gasteiger partial charge in [-0.25, -0.2) is 5.43 Å². The van der Waals surface area contributed by atoms with Gasteiger partial charge < -0.3 is 19.3 Å². The van der Waals surface area contributed by atoms with Crippen molar-refractivity contribution in [3.05, 3.63) is 48.0 Å². The van der Waals surface area contributed by atoms with Crippen LogP contribution < -0.4 is 19.6 Å². The van der Waals surface area contributed by atoms with E-state index in [1.54, 1.807) is 36.4 Å². The van der Waals surface area contributed by atoms with E-state index in [0.29, 0.717) is 22.8 Å². The predicted octanol–water partition coefficient (Wildman–Crippen LogP) is 1.94. The van der Waals surface area contributed by atoms with E-state index in [9.17, 15) is 9.90 Å². The minimum Gasteiger partial charge on any atom is -0.507 e. The lowest BCUT2D eigenvalue weighted by Gasteiger charge is -2.13. The van der Waals surface area contributed by atoms with Crippen molar-refractivity contribution < 1.29 is 24.1 Å². The molecule has 126 valence electrons. The number of hydrogen-bond donors (Lipinski definition) is 2. The molecular formula is C17H18N2O5. The van der Waals surface area contributed by atoms with Gasteiger partial charge in [-0.2, -0.15) is 5.10 Å². The van der Waals surface area contributed by atoms with Gasteiger partial charge in [0.15, 0.2) is 18.1 Å². The highest BCUT2D eigenvalue weighted by Crippen LogP contribution is 2.36. The lowest BCUT2D eigenvalue weighted by atomic mass is 10.2. The van der Waals surface area contributed by atoms with Crippen molar-refractivity contribution in [1.29, 1.82) is 0 Å². The van der Waals surface area contributed by atoms with Gasteiger partial charge in [-0.15, -0.1) is 0 Å². The van der Waals surface area contributed by atoms with Crippen LogP contribution in [0.25, 0.3) is 0 Å². The molecular weight excluding hydrogens is 312 g/mol. The molecule has 0 aliphatic carbocycles. The maximum atomic E-state index is 11.8. The molecule has 24 heavy (non-hydrogen) atoms. The second-order valence-corrected chi connectivity index (χ2v) is 4.63. The van der Waals surface area contributed by atoms with Crippen LogP contribution in [-0.4, -0.2) is 38.1 Å². The minimum absolute atomic E-state index is 0.0745. The molecule has 1 amide bonds. The lowest BCUT2D eigenvalue weighted by molar-refractivity contribution is -0.123. The highest BCUT2D eigenvalue weighted by atomic mass is 16.5. The van der Waals surface area contributed by atoms with Crippen molar-refractivity contribution in [1.82, 2.24) is 5.43 Å². The van der Waals surface area contributed by atoms with E-state index in [1.807, 2.05) is 0 Å². The van der Waals surface area contributed by atoms with Gasteiger partial charge in [-0.1, -0.05) is 18.2 Å². The number of nitrogens with zero attached hydrogens (tertiary/aromatic N) is 1. The Morgan fingerprint density at radius 2 is 1.79 bits per heavy atom. The summed E-state index contributed by atoms with van der Waals surface area (Å²) < 4.78 is 15.8. The van der Waals surface area contributed by atoms with Crippen molar-refractivity contribution in [2.24, 2.45) is 5.10 Å². The molecule has 0 aliphatic heterocycles. The number of carbonyl (C=O) groups excluding carboxylic acids is 1. The first-order chi connectivity index (χ1) is 11.7. The summed E-state index contributed by atoms with van der Waals surface area (Å²) in [6, 6.07) is 11.8. The molecule has 2 aromatic rings. The van der Waals surface area contributed by atoms with Gasteiger partial charge in [0, 0.05) is 5.56 Å². The Morgan fingerprint density at radius 3 is 2.42 bits per heavy atom. The van der Waals surface area contributed by atoms with Crippen molar-refractivity contribution in [3.63, 3.8) is 0 Å². The number of hydrogen-bond acceptors (Lipinski definition) is 6. The van der Waals surface area contributed by atoms with Crippen LogP contribution >= 0.6 is 0 Å². The Hall–Kier alpha value is -3.22. The molecule has 0 fully saturated rings. The minimum atomic E-state index is -0.463. The van der Waals surface area contributed by atoms with E-state index >= 15 is 0 Å². The molecule has 0 heterocycles. The Bertz CT molecular complexity index is 708. The summed E-state index contributed by atoms with van der Waals surface area (Å²) in [5.74, 6) is 0.863. The standard InChI is InChI=1S/C17H18N2O5/c1-22-14-8-5-9-15(23-2)17(14)24-11-16(21)19-18-10-12-6-3-4-7-13(12)20/h3-10,20H,11H2,1-2H3,(H,19,21)/b18-10-. The Morgan fingerprint density at radius 1 is 1.12 bits per heavy atom. The number of nitrogens with one attached hydrogen (secondary N) is 1. The third kappa shape index (κ3) is 4.39.